The van der Waals surface area contributed by atoms with E-state index in [2.05, 4.69) is 10.3 Å². The summed E-state index contributed by atoms with van der Waals surface area (Å²) >= 11 is 1.67. The summed E-state index contributed by atoms with van der Waals surface area (Å²) in [5.74, 6) is -0.225. The third-order valence-electron chi connectivity index (χ3n) is 4.66. The third kappa shape index (κ3) is 3.95. The molecule has 4 aromatic rings. The summed E-state index contributed by atoms with van der Waals surface area (Å²) < 4.78 is 2.99. The molecular formula is C22H20N4O2S. The first-order chi connectivity index (χ1) is 14.2. The average molecular weight is 404 g/mol. The molecule has 0 radical (unpaired) electrons. The van der Waals surface area contributed by atoms with Gasteiger partial charge in [-0.2, -0.15) is 0 Å². The van der Waals surface area contributed by atoms with Crippen molar-refractivity contribution in [2.45, 2.75) is 18.0 Å². The predicted octanol–water partition coefficient (Wildman–Crippen LogP) is 3.23. The number of imidazole rings is 1. The van der Waals surface area contributed by atoms with Gasteiger partial charge in [0.1, 0.15) is 6.54 Å². The number of benzene rings is 2. The fraction of sp³-hybridized carbons (Fsp3) is 0.136. The van der Waals surface area contributed by atoms with E-state index in [4.69, 9.17) is 0 Å². The number of aromatic nitrogens is 3. The second-order valence-corrected chi connectivity index (χ2v) is 7.39. The summed E-state index contributed by atoms with van der Waals surface area (Å²) in [7, 11) is 0. The SMILES string of the molecule is CSc1ccc(CNC(=O)Cn2c(=O)n(-c3ccccc3)c3ncccc32)cc1. The van der Waals surface area contributed by atoms with Crippen molar-refractivity contribution in [1.29, 1.82) is 0 Å². The van der Waals surface area contributed by atoms with Gasteiger partial charge in [-0.25, -0.2) is 14.3 Å². The Morgan fingerprint density at radius 3 is 2.52 bits per heavy atom. The minimum Gasteiger partial charge on any atom is -0.350 e. The van der Waals surface area contributed by atoms with Crippen LogP contribution in [0.2, 0.25) is 0 Å². The first kappa shape index (κ1) is 19.0. The van der Waals surface area contributed by atoms with Crippen LogP contribution in [0.25, 0.3) is 16.9 Å². The molecule has 0 saturated heterocycles. The highest BCUT2D eigenvalue weighted by atomic mass is 32.2. The number of fused-ring (bicyclic) bond motifs is 1. The van der Waals surface area contributed by atoms with Crippen LogP contribution in [-0.2, 0) is 17.9 Å². The maximum absolute atomic E-state index is 13.1. The van der Waals surface area contributed by atoms with Gasteiger partial charge in [-0.15, -0.1) is 11.8 Å². The fourth-order valence-corrected chi connectivity index (χ4v) is 3.60. The van der Waals surface area contributed by atoms with Crippen molar-refractivity contribution in [3.63, 3.8) is 0 Å². The summed E-state index contributed by atoms with van der Waals surface area (Å²) in [4.78, 5) is 31.2. The van der Waals surface area contributed by atoms with Crippen molar-refractivity contribution in [1.82, 2.24) is 19.4 Å². The van der Waals surface area contributed by atoms with Crippen LogP contribution in [0.3, 0.4) is 0 Å². The second-order valence-electron chi connectivity index (χ2n) is 6.51. The van der Waals surface area contributed by atoms with Crippen molar-refractivity contribution in [3.05, 3.63) is 89.0 Å². The van der Waals surface area contributed by atoms with Gasteiger partial charge in [-0.3, -0.25) is 9.36 Å². The summed E-state index contributed by atoms with van der Waals surface area (Å²) in [5.41, 5.74) is 2.60. The highest BCUT2D eigenvalue weighted by molar-refractivity contribution is 7.98. The molecule has 29 heavy (non-hydrogen) atoms. The zero-order chi connectivity index (χ0) is 20.2. The molecular weight excluding hydrogens is 384 g/mol. The lowest BCUT2D eigenvalue weighted by atomic mass is 10.2. The Bertz CT molecular complexity index is 1200. The number of rotatable bonds is 6. The Kier molecular flexibility index (Phi) is 5.48. The number of nitrogens with one attached hydrogen (secondary N) is 1. The monoisotopic (exact) mass is 404 g/mol. The zero-order valence-corrected chi connectivity index (χ0v) is 16.7. The molecule has 2 heterocycles. The molecule has 0 atom stereocenters. The van der Waals surface area contributed by atoms with E-state index in [0.717, 1.165) is 5.56 Å². The topological polar surface area (TPSA) is 68.9 Å². The van der Waals surface area contributed by atoms with Gasteiger partial charge in [0.05, 0.1) is 11.2 Å². The van der Waals surface area contributed by atoms with E-state index in [9.17, 15) is 9.59 Å². The van der Waals surface area contributed by atoms with Gasteiger partial charge in [0.15, 0.2) is 5.65 Å². The summed E-state index contributed by atoms with van der Waals surface area (Å²) in [6, 6.07) is 20.9. The molecule has 1 N–H and O–H groups in total. The number of amides is 1. The van der Waals surface area contributed by atoms with Crippen LogP contribution in [0.1, 0.15) is 5.56 Å². The van der Waals surface area contributed by atoms with Crippen molar-refractivity contribution < 1.29 is 4.79 Å². The fourth-order valence-electron chi connectivity index (χ4n) is 3.19. The Labute approximate surface area is 172 Å². The predicted molar refractivity (Wildman–Crippen MR) is 115 cm³/mol. The van der Waals surface area contributed by atoms with Gasteiger partial charge < -0.3 is 5.32 Å². The van der Waals surface area contributed by atoms with Gasteiger partial charge in [0.2, 0.25) is 5.91 Å². The number of para-hydroxylation sites is 1. The van der Waals surface area contributed by atoms with E-state index in [1.54, 1.807) is 30.1 Å². The van der Waals surface area contributed by atoms with E-state index in [0.29, 0.717) is 23.4 Å². The van der Waals surface area contributed by atoms with Crippen LogP contribution in [0.15, 0.2) is 82.6 Å². The number of hydrogen-bond donors (Lipinski definition) is 1. The lowest BCUT2D eigenvalue weighted by Crippen LogP contribution is -2.32. The van der Waals surface area contributed by atoms with Gasteiger partial charge >= 0.3 is 5.69 Å². The van der Waals surface area contributed by atoms with Gasteiger partial charge in [-0.05, 0) is 48.2 Å². The molecule has 4 rings (SSSR count). The van der Waals surface area contributed by atoms with E-state index in [1.807, 2.05) is 60.9 Å². The highest BCUT2D eigenvalue weighted by Crippen LogP contribution is 2.16. The molecule has 0 aliphatic rings. The molecule has 2 aromatic heterocycles. The number of thioether (sulfide) groups is 1. The molecule has 146 valence electrons. The van der Waals surface area contributed by atoms with Crippen LogP contribution in [0.4, 0.5) is 0 Å². The zero-order valence-electron chi connectivity index (χ0n) is 15.9. The molecule has 7 heteroatoms. The first-order valence-electron chi connectivity index (χ1n) is 9.18. The van der Waals surface area contributed by atoms with Crippen LogP contribution in [0, 0.1) is 0 Å². The lowest BCUT2D eigenvalue weighted by molar-refractivity contribution is -0.121. The Balaban J connectivity index is 1.58. The maximum atomic E-state index is 13.1. The number of carbonyl (C=O) groups is 1. The quantitative estimate of drug-likeness (QED) is 0.501. The molecule has 6 nitrogen and oxygen atoms in total. The minimum absolute atomic E-state index is 0.0657. The molecule has 2 aromatic carbocycles. The molecule has 0 bridgehead atoms. The molecule has 0 spiro atoms. The number of pyridine rings is 1. The summed E-state index contributed by atoms with van der Waals surface area (Å²) in [6.45, 7) is 0.349. The van der Waals surface area contributed by atoms with Gasteiger partial charge in [0.25, 0.3) is 0 Å². The second kappa shape index (κ2) is 8.36. The molecule has 0 aliphatic heterocycles. The van der Waals surface area contributed by atoms with Crippen LogP contribution < -0.4 is 11.0 Å². The normalized spacial score (nSPS) is 10.9. The van der Waals surface area contributed by atoms with E-state index in [1.165, 1.54) is 14.0 Å². The number of carbonyl (C=O) groups excluding carboxylic acids is 1. The van der Waals surface area contributed by atoms with Crippen molar-refractivity contribution in [2.24, 2.45) is 0 Å². The van der Waals surface area contributed by atoms with Crippen LogP contribution >= 0.6 is 11.8 Å². The first-order valence-corrected chi connectivity index (χ1v) is 10.4. The standard InChI is InChI=1S/C22H20N4O2S/c1-29-18-11-9-16(10-12-18)14-24-20(27)15-25-19-8-5-13-23-21(19)26(22(25)28)17-6-3-2-4-7-17/h2-13H,14-15H2,1H3,(H,24,27). The molecule has 0 aliphatic carbocycles. The maximum Gasteiger partial charge on any atom is 0.335 e. The Hall–Kier alpha value is -3.32. The van der Waals surface area contributed by atoms with Crippen LogP contribution in [0.5, 0.6) is 0 Å². The summed E-state index contributed by atoms with van der Waals surface area (Å²) in [6.07, 6.45) is 3.67. The van der Waals surface area contributed by atoms with Gasteiger partial charge in [0, 0.05) is 17.6 Å². The Morgan fingerprint density at radius 2 is 1.79 bits per heavy atom. The molecule has 0 fully saturated rings. The smallest absolute Gasteiger partial charge is 0.335 e. The van der Waals surface area contributed by atoms with E-state index < -0.39 is 0 Å². The minimum atomic E-state index is -0.288. The molecule has 0 saturated carbocycles. The van der Waals surface area contributed by atoms with E-state index in [-0.39, 0.29) is 18.1 Å². The van der Waals surface area contributed by atoms with Crippen LogP contribution in [-0.4, -0.2) is 26.3 Å². The average Bonchev–Trinajstić information content (AvgIpc) is 3.04. The van der Waals surface area contributed by atoms with Crippen molar-refractivity contribution >= 4 is 28.8 Å². The Morgan fingerprint density at radius 1 is 1.03 bits per heavy atom. The van der Waals surface area contributed by atoms with E-state index >= 15 is 0 Å². The highest BCUT2D eigenvalue weighted by Gasteiger charge is 2.17. The summed E-state index contributed by atoms with van der Waals surface area (Å²) in [5, 5.41) is 2.89. The van der Waals surface area contributed by atoms with Crippen molar-refractivity contribution in [3.8, 4) is 5.69 Å². The third-order valence-corrected chi connectivity index (χ3v) is 5.40. The lowest BCUT2D eigenvalue weighted by Gasteiger charge is -2.07. The van der Waals surface area contributed by atoms with Crippen molar-refractivity contribution in [2.75, 3.05) is 6.26 Å². The van der Waals surface area contributed by atoms with Gasteiger partial charge in [-0.1, -0.05) is 30.3 Å². The number of nitrogens with zero attached hydrogens (tertiary/aromatic N) is 3. The largest absolute Gasteiger partial charge is 0.350 e. The molecule has 1 amide bonds. The number of hydrogen-bond acceptors (Lipinski definition) is 4. The molecule has 0 unspecified atom stereocenters.